The summed E-state index contributed by atoms with van der Waals surface area (Å²) in [7, 11) is 0. The first-order chi connectivity index (χ1) is 10.3. The second-order valence-electron chi connectivity index (χ2n) is 5.59. The van der Waals surface area contributed by atoms with E-state index < -0.39 is 12.2 Å². The second-order valence-corrected chi connectivity index (χ2v) is 6.64. The van der Waals surface area contributed by atoms with Gasteiger partial charge in [0.05, 0.1) is 0 Å². The molecule has 2 aromatic carbocycles. The maximum Gasteiger partial charge on any atom is 0.110 e. The van der Waals surface area contributed by atoms with Crippen molar-refractivity contribution < 1.29 is 10.2 Å². The number of thiophene rings is 1. The summed E-state index contributed by atoms with van der Waals surface area (Å²) in [4.78, 5) is 2.27. The molecular formula is C18H12O2S. The van der Waals surface area contributed by atoms with E-state index in [-0.39, 0.29) is 0 Å². The van der Waals surface area contributed by atoms with Crippen molar-refractivity contribution >= 4 is 28.2 Å². The summed E-state index contributed by atoms with van der Waals surface area (Å²) in [5.74, 6) is 0. The van der Waals surface area contributed by atoms with Crippen LogP contribution in [0.1, 0.15) is 16.5 Å². The Hall–Kier alpha value is -1.94. The van der Waals surface area contributed by atoms with Crippen molar-refractivity contribution in [3.05, 3.63) is 52.9 Å². The standard InChI is InChI=1S/C18H12O2S/c19-12-7-8-13-16(17(12)20)15-10-5-1-3-9-4-2-6-11(14(9)10)18(15)21-13/h1-8,12,17,19-20H/t12-,17+/m0/s1. The van der Waals surface area contributed by atoms with Crippen molar-refractivity contribution in [1.29, 1.82) is 0 Å². The van der Waals surface area contributed by atoms with Crippen molar-refractivity contribution in [3.8, 4) is 21.6 Å². The zero-order valence-corrected chi connectivity index (χ0v) is 11.9. The van der Waals surface area contributed by atoms with Gasteiger partial charge in [-0.25, -0.2) is 0 Å². The molecule has 0 radical (unpaired) electrons. The zero-order valence-electron chi connectivity index (χ0n) is 11.1. The van der Waals surface area contributed by atoms with Gasteiger partial charge >= 0.3 is 0 Å². The molecule has 5 rings (SSSR count). The number of aliphatic hydroxyl groups is 2. The van der Waals surface area contributed by atoms with Gasteiger partial charge in [-0.2, -0.15) is 0 Å². The summed E-state index contributed by atoms with van der Waals surface area (Å²) in [6, 6.07) is 12.6. The minimum absolute atomic E-state index is 0.820. The molecule has 0 bridgehead atoms. The largest absolute Gasteiger partial charge is 0.386 e. The molecular weight excluding hydrogens is 280 g/mol. The number of benzene rings is 2. The van der Waals surface area contributed by atoms with Gasteiger partial charge in [0.1, 0.15) is 12.2 Å². The van der Waals surface area contributed by atoms with Crippen molar-refractivity contribution in [2.24, 2.45) is 0 Å². The summed E-state index contributed by atoms with van der Waals surface area (Å²) in [6.07, 6.45) is 1.94. The van der Waals surface area contributed by atoms with E-state index in [1.54, 1.807) is 17.4 Å². The molecule has 2 nitrogen and oxygen atoms in total. The summed E-state index contributed by atoms with van der Waals surface area (Å²) >= 11 is 1.70. The molecule has 2 atom stereocenters. The second kappa shape index (κ2) is 3.83. The topological polar surface area (TPSA) is 40.5 Å². The molecule has 0 aliphatic heterocycles. The summed E-state index contributed by atoms with van der Waals surface area (Å²) in [6.45, 7) is 0. The van der Waals surface area contributed by atoms with Crippen LogP contribution in [0.15, 0.2) is 42.5 Å². The maximum absolute atomic E-state index is 10.4. The Morgan fingerprint density at radius 2 is 1.71 bits per heavy atom. The summed E-state index contributed by atoms with van der Waals surface area (Å²) in [5.41, 5.74) is 4.41. The van der Waals surface area contributed by atoms with E-state index in [1.165, 1.54) is 26.8 Å². The number of rotatable bonds is 0. The molecule has 2 aliphatic rings. The third-order valence-electron chi connectivity index (χ3n) is 4.46. The predicted molar refractivity (Wildman–Crippen MR) is 86.3 cm³/mol. The first-order valence-electron chi connectivity index (χ1n) is 6.99. The molecule has 102 valence electrons. The first-order valence-corrected chi connectivity index (χ1v) is 7.81. The fourth-order valence-corrected chi connectivity index (χ4v) is 4.84. The lowest BCUT2D eigenvalue weighted by molar-refractivity contribution is 0.0478. The van der Waals surface area contributed by atoms with E-state index >= 15 is 0 Å². The number of hydrogen-bond acceptors (Lipinski definition) is 3. The summed E-state index contributed by atoms with van der Waals surface area (Å²) < 4.78 is 0. The van der Waals surface area contributed by atoms with Gasteiger partial charge in [-0.05, 0) is 22.4 Å². The average Bonchev–Trinajstić information content (AvgIpc) is 3.02. The van der Waals surface area contributed by atoms with Crippen LogP contribution in [-0.2, 0) is 0 Å². The monoisotopic (exact) mass is 292 g/mol. The Morgan fingerprint density at radius 1 is 0.952 bits per heavy atom. The Bertz CT molecular complexity index is 931. The molecule has 0 unspecified atom stereocenters. The van der Waals surface area contributed by atoms with Crippen LogP contribution < -0.4 is 0 Å². The third kappa shape index (κ3) is 1.34. The number of hydrogen-bond donors (Lipinski definition) is 2. The lowest BCUT2D eigenvalue weighted by Crippen LogP contribution is -2.18. The van der Waals surface area contributed by atoms with E-state index in [0.29, 0.717) is 0 Å². The van der Waals surface area contributed by atoms with Gasteiger partial charge in [0.2, 0.25) is 0 Å². The molecule has 1 heterocycles. The summed E-state index contributed by atoms with van der Waals surface area (Å²) in [5, 5.41) is 22.9. The highest BCUT2D eigenvalue weighted by molar-refractivity contribution is 7.17. The average molecular weight is 292 g/mol. The van der Waals surface area contributed by atoms with Crippen molar-refractivity contribution in [2.45, 2.75) is 12.2 Å². The normalized spacial score (nSPS) is 21.6. The van der Waals surface area contributed by atoms with Gasteiger partial charge in [-0.3, -0.25) is 0 Å². The lowest BCUT2D eigenvalue weighted by atomic mass is 9.92. The van der Waals surface area contributed by atoms with Gasteiger partial charge in [0.15, 0.2) is 0 Å². The Balaban J connectivity index is 1.94. The van der Waals surface area contributed by atoms with Crippen molar-refractivity contribution in [1.82, 2.24) is 0 Å². The van der Waals surface area contributed by atoms with E-state index in [1.807, 2.05) is 6.08 Å². The van der Waals surface area contributed by atoms with Crippen LogP contribution in [0, 0.1) is 0 Å². The van der Waals surface area contributed by atoms with E-state index in [4.69, 9.17) is 0 Å². The quantitative estimate of drug-likeness (QED) is 0.515. The maximum atomic E-state index is 10.4. The Morgan fingerprint density at radius 3 is 2.52 bits per heavy atom. The van der Waals surface area contributed by atoms with Crippen LogP contribution in [0.3, 0.4) is 0 Å². The molecule has 0 saturated heterocycles. The molecule has 2 aliphatic carbocycles. The zero-order chi connectivity index (χ0) is 14.1. The SMILES string of the molecule is O[C@H]1C=Cc2sc3c(c2[C@@H]1O)-c1cccc2cccc-3c12. The van der Waals surface area contributed by atoms with Crippen molar-refractivity contribution in [3.63, 3.8) is 0 Å². The molecule has 0 spiro atoms. The number of fused-ring (bicyclic) bond motifs is 5. The van der Waals surface area contributed by atoms with Crippen LogP contribution in [0.5, 0.6) is 0 Å². The molecule has 2 N–H and O–H groups in total. The lowest BCUT2D eigenvalue weighted by Gasteiger charge is -2.20. The van der Waals surface area contributed by atoms with Gasteiger partial charge in [-0.1, -0.05) is 42.5 Å². The van der Waals surface area contributed by atoms with Gasteiger partial charge in [0.25, 0.3) is 0 Å². The highest BCUT2D eigenvalue weighted by Gasteiger charge is 2.34. The Kier molecular flexibility index (Phi) is 2.13. The molecule has 21 heavy (non-hydrogen) atoms. The molecule has 1 aromatic heterocycles. The number of aliphatic hydroxyl groups excluding tert-OH is 2. The molecule has 0 amide bonds. The first kappa shape index (κ1) is 11.7. The van der Waals surface area contributed by atoms with E-state index in [9.17, 15) is 10.2 Å². The van der Waals surface area contributed by atoms with Crippen LogP contribution in [-0.4, -0.2) is 16.3 Å². The third-order valence-corrected chi connectivity index (χ3v) is 5.66. The minimum atomic E-state index is -0.838. The highest BCUT2D eigenvalue weighted by Crippen LogP contribution is 2.56. The van der Waals surface area contributed by atoms with E-state index in [2.05, 4.69) is 36.4 Å². The highest BCUT2D eigenvalue weighted by atomic mass is 32.1. The van der Waals surface area contributed by atoms with Gasteiger partial charge < -0.3 is 10.2 Å². The molecule has 3 aromatic rings. The molecule has 0 saturated carbocycles. The fraction of sp³-hybridized carbons (Fsp3) is 0.111. The van der Waals surface area contributed by atoms with Gasteiger partial charge in [-0.15, -0.1) is 11.3 Å². The van der Waals surface area contributed by atoms with Crippen LogP contribution in [0.4, 0.5) is 0 Å². The van der Waals surface area contributed by atoms with Crippen LogP contribution in [0.2, 0.25) is 0 Å². The molecule has 3 heteroatoms. The van der Waals surface area contributed by atoms with Crippen molar-refractivity contribution in [2.75, 3.05) is 0 Å². The minimum Gasteiger partial charge on any atom is -0.386 e. The fourth-order valence-electron chi connectivity index (χ4n) is 3.54. The Labute approximate surface area is 125 Å². The van der Waals surface area contributed by atoms with Crippen LogP contribution >= 0.6 is 11.3 Å². The molecule has 0 fully saturated rings. The van der Waals surface area contributed by atoms with Gasteiger partial charge in [0, 0.05) is 26.4 Å². The van der Waals surface area contributed by atoms with E-state index in [0.717, 1.165) is 16.0 Å². The predicted octanol–water partition coefficient (Wildman–Crippen LogP) is 3.97. The van der Waals surface area contributed by atoms with Crippen LogP contribution in [0.25, 0.3) is 38.4 Å². The smallest absolute Gasteiger partial charge is 0.110 e.